The van der Waals surface area contributed by atoms with Crippen molar-refractivity contribution in [3.8, 4) is 0 Å². The third-order valence-electron chi connectivity index (χ3n) is 2.81. The summed E-state index contributed by atoms with van der Waals surface area (Å²) >= 11 is 11.7. The summed E-state index contributed by atoms with van der Waals surface area (Å²) in [5.41, 5.74) is 6.10. The number of aromatic nitrogens is 3. The molecule has 0 atom stereocenters. The van der Waals surface area contributed by atoms with Crippen molar-refractivity contribution < 1.29 is 9.53 Å². The minimum Gasteiger partial charge on any atom is -0.454 e. The highest BCUT2D eigenvalue weighted by molar-refractivity contribution is 6.43. The fourth-order valence-electron chi connectivity index (χ4n) is 1.52. The Morgan fingerprint density at radius 3 is 2.65 bits per heavy atom. The van der Waals surface area contributed by atoms with Crippen molar-refractivity contribution >= 4 is 34.9 Å². The lowest BCUT2D eigenvalue weighted by molar-refractivity contribution is 0.0458. The van der Waals surface area contributed by atoms with Crippen molar-refractivity contribution in [3.05, 3.63) is 39.4 Å². The highest BCUT2D eigenvalue weighted by Gasteiger charge is 2.14. The quantitative estimate of drug-likeness (QED) is 0.694. The van der Waals surface area contributed by atoms with Gasteiger partial charge in [0, 0.05) is 7.05 Å². The molecule has 0 aliphatic carbocycles. The third-order valence-corrected chi connectivity index (χ3v) is 3.62. The molecule has 1 aromatic heterocycles. The average molecular weight is 315 g/mol. The molecule has 0 aliphatic heterocycles. The van der Waals surface area contributed by atoms with E-state index in [0.717, 1.165) is 5.82 Å². The van der Waals surface area contributed by atoms with Gasteiger partial charge in [0.2, 0.25) is 0 Å². The molecule has 0 saturated carbocycles. The second-order valence-electron chi connectivity index (χ2n) is 4.16. The lowest BCUT2D eigenvalue weighted by Gasteiger charge is -2.07. The molecule has 0 saturated heterocycles. The van der Waals surface area contributed by atoms with Gasteiger partial charge in [-0.2, -0.15) is 0 Å². The number of aryl methyl sites for hydroxylation is 1. The first kappa shape index (κ1) is 14.6. The summed E-state index contributed by atoms with van der Waals surface area (Å²) in [6, 6.07) is 2.82. The molecular formula is C12H12Cl2N4O2. The highest BCUT2D eigenvalue weighted by Crippen LogP contribution is 2.29. The summed E-state index contributed by atoms with van der Waals surface area (Å²) in [7, 11) is 1.79. The van der Waals surface area contributed by atoms with Gasteiger partial charge in [-0.15, -0.1) is 10.2 Å². The van der Waals surface area contributed by atoms with Crippen molar-refractivity contribution in [2.24, 2.45) is 7.05 Å². The second kappa shape index (κ2) is 5.68. The molecule has 1 aromatic carbocycles. The van der Waals surface area contributed by atoms with E-state index in [-0.39, 0.29) is 27.9 Å². The van der Waals surface area contributed by atoms with Crippen LogP contribution < -0.4 is 5.73 Å². The molecule has 1 heterocycles. The number of carbonyl (C=O) groups is 1. The molecular weight excluding hydrogens is 303 g/mol. The molecule has 2 N–H and O–H groups in total. The van der Waals surface area contributed by atoms with Gasteiger partial charge in [-0.1, -0.05) is 23.2 Å². The Morgan fingerprint density at radius 1 is 1.40 bits per heavy atom. The average Bonchev–Trinajstić information content (AvgIpc) is 2.73. The van der Waals surface area contributed by atoms with Crippen LogP contribution in [0.2, 0.25) is 10.0 Å². The van der Waals surface area contributed by atoms with Crippen molar-refractivity contribution in [1.29, 1.82) is 0 Å². The largest absolute Gasteiger partial charge is 0.454 e. The van der Waals surface area contributed by atoms with E-state index in [1.54, 1.807) is 18.5 Å². The molecule has 0 fully saturated rings. The first-order chi connectivity index (χ1) is 9.40. The van der Waals surface area contributed by atoms with Gasteiger partial charge in [-0.05, 0) is 19.1 Å². The van der Waals surface area contributed by atoms with Gasteiger partial charge in [0.05, 0.1) is 21.3 Å². The maximum absolute atomic E-state index is 11.9. The van der Waals surface area contributed by atoms with Crippen LogP contribution in [0, 0.1) is 6.92 Å². The standard InChI is InChI=1S/C12H12Cl2N4O2/c1-6-16-17-10(18(6)2)5-20-12(19)7-3-8(13)11(14)9(15)4-7/h3-4H,5,15H2,1-2H3. The van der Waals surface area contributed by atoms with Crippen LogP contribution in [0.15, 0.2) is 12.1 Å². The zero-order valence-corrected chi connectivity index (χ0v) is 12.4. The molecule has 2 aromatic rings. The Hall–Kier alpha value is -1.79. The molecule has 0 spiro atoms. The van der Waals surface area contributed by atoms with Gasteiger partial charge >= 0.3 is 5.97 Å². The number of nitrogens with two attached hydrogens (primary N) is 1. The molecule has 8 heteroatoms. The van der Waals surface area contributed by atoms with E-state index < -0.39 is 5.97 Å². The van der Waals surface area contributed by atoms with Crippen LogP contribution >= 0.6 is 23.2 Å². The number of anilines is 1. The first-order valence-corrected chi connectivity index (χ1v) is 6.42. The predicted molar refractivity (Wildman–Crippen MR) is 75.7 cm³/mol. The molecule has 0 unspecified atom stereocenters. The minimum atomic E-state index is -0.559. The van der Waals surface area contributed by atoms with E-state index >= 15 is 0 Å². The smallest absolute Gasteiger partial charge is 0.338 e. The molecule has 20 heavy (non-hydrogen) atoms. The number of nitrogen functional groups attached to an aromatic ring is 1. The number of carbonyl (C=O) groups excluding carboxylic acids is 1. The van der Waals surface area contributed by atoms with E-state index in [1.807, 2.05) is 0 Å². The van der Waals surface area contributed by atoms with Crippen LogP contribution in [0.25, 0.3) is 0 Å². The topological polar surface area (TPSA) is 83.0 Å². The van der Waals surface area contributed by atoms with Crippen molar-refractivity contribution in [2.75, 3.05) is 5.73 Å². The normalized spacial score (nSPS) is 10.6. The lowest BCUT2D eigenvalue weighted by Crippen LogP contribution is -2.09. The second-order valence-corrected chi connectivity index (χ2v) is 4.95. The number of esters is 1. The maximum atomic E-state index is 11.9. The molecule has 0 radical (unpaired) electrons. The van der Waals surface area contributed by atoms with Crippen molar-refractivity contribution in [2.45, 2.75) is 13.5 Å². The summed E-state index contributed by atoms with van der Waals surface area (Å²) in [4.78, 5) is 11.9. The first-order valence-electron chi connectivity index (χ1n) is 5.66. The lowest BCUT2D eigenvalue weighted by atomic mass is 10.2. The summed E-state index contributed by atoms with van der Waals surface area (Å²) in [6.45, 7) is 1.81. The fraction of sp³-hybridized carbons (Fsp3) is 0.250. The van der Waals surface area contributed by atoms with Gasteiger partial charge in [0.15, 0.2) is 12.4 Å². The Morgan fingerprint density at radius 2 is 2.10 bits per heavy atom. The van der Waals surface area contributed by atoms with Crippen LogP contribution in [0.3, 0.4) is 0 Å². The SMILES string of the molecule is Cc1nnc(COC(=O)c2cc(N)c(Cl)c(Cl)c2)n1C. The van der Waals surface area contributed by atoms with E-state index in [0.29, 0.717) is 5.82 Å². The molecule has 0 aliphatic rings. The third kappa shape index (κ3) is 2.86. The molecule has 6 nitrogen and oxygen atoms in total. The number of rotatable bonds is 3. The molecule has 2 rings (SSSR count). The number of hydrogen-bond donors (Lipinski definition) is 1. The predicted octanol–water partition coefficient (Wildman–Crippen LogP) is 2.37. The summed E-state index contributed by atoms with van der Waals surface area (Å²) < 4.78 is 6.87. The highest BCUT2D eigenvalue weighted by atomic mass is 35.5. The van der Waals surface area contributed by atoms with Crippen LogP contribution in [0.4, 0.5) is 5.69 Å². The number of ether oxygens (including phenoxy) is 1. The Labute approximate surface area is 125 Å². The van der Waals surface area contributed by atoms with Crippen LogP contribution in [0.5, 0.6) is 0 Å². The van der Waals surface area contributed by atoms with Gasteiger partial charge in [0.25, 0.3) is 0 Å². The van der Waals surface area contributed by atoms with Gasteiger partial charge in [-0.25, -0.2) is 4.79 Å². The number of nitrogens with zero attached hydrogens (tertiary/aromatic N) is 3. The van der Waals surface area contributed by atoms with Crippen LogP contribution in [-0.4, -0.2) is 20.7 Å². The minimum absolute atomic E-state index is 0.0102. The molecule has 0 amide bonds. The zero-order valence-electron chi connectivity index (χ0n) is 10.9. The maximum Gasteiger partial charge on any atom is 0.338 e. The Bertz CT molecular complexity index is 646. The van der Waals surface area contributed by atoms with Crippen molar-refractivity contribution in [1.82, 2.24) is 14.8 Å². The fourth-order valence-corrected chi connectivity index (χ4v) is 1.85. The number of hydrogen-bond acceptors (Lipinski definition) is 5. The zero-order chi connectivity index (χ0) is 14.9. The summed E-state index contributed by atoms with van der Waals surface area (Å²) in [5.74, 6) is 0.717. The van der Waals surface area contributed by atoms with E-state index in [1.165, 1.54) is 12.1 Å². The van der Waals surface area contributed by atoms with Crippen LogP contribution in [-0.2, 0) is 18.4 Å². The van der Waals surface area contributed by atoms with Crippen molar-refractivity contribution in [3.63, 3.8) is 0 Å². The molecule has 106 valence electrons. The van der Waals surface area contributed by atoms with Crippen LogP contribution in [0.1, 0.15) is 22.0 Å². The monoisotopic (exact) mass is 314 g/mol. The number of halogens is 2. The molecule has 0 bridgehead atoms. The Balaban J connectivity index is 2.11. The van der Waals surface area contributed by atoms with E-state index in [4.69, 9.17) is 33.7 Å². The Kier molecular flexibility index (Phi) is 4.15. The van der Waals surface area contributed by atoms with E-state index in [2.05, 4.69) is 10.2 Å². The summed E-state index contributed by atoms with van der Waals surface area (Å²) in [6.07, 6.45) is 0. The van der Waals surface area contributed by atoms with Gasteiger partial charge in [0.1, 0.15) is 5.82 Å². The number of benzene rings is 1. The summed E-state index contributed by atoms with van der Waals surface area (Å²) in [5, 5.41) is 8.18. The van der Waals surface area contributed by atoms with Gasteiger partial charge < -0.3 is 15.0 Å². The van der Waals surface area contributed by atoms with Gasteiger partial charge in [-0.3, -0.25) is 0 Å². The van der Waals surface area contributed by atoms with E-state index in [9.17, 15) is 4.79 Å².